The third-order valence-corrected chi connectivity index (χ3v) is 3.95. The van der Waals surface area contributed by atoms with Crippen LogP contribution < -0.4 is 5.32 Å². The Bertz CT molecular complexity index is 1040. The number of imidazole rings is 2. The zero-order chi connectivity index (χ0) is 16.5. The molecule has 2 aromatic carbocycles. The minimum absolute atomic E-state index is 0.301. The average molecular weight is 335 g/mol. The predicted octanol–water partition coefficient (Wildman–Crippen LogP) is 3.66. The van der Waals surface area contributed by atoms with Gasteiger partial charge in [0.25, 0.3) is 5.91 Å². The molecule has 0 spiro atoms. The number of hydrogen-bond acceptors (Lipinski definition) is 3. The van der Waals surface area contributed by atoms with Crippen molar-refractivity contribution in [2.75, 3.05) is 5.32 Å². The lowest BCUT2D eigenvalue weighted by atomic mass is 10.3. The van der Waals surface area contributed by atoms with Gasteiger partial charge >= 0.3 is 0 Å². The molecule has 0 fully saturated rings. The van der Waals surface area contributed by atoms with E-state index in [0.717, 1.165) is 16.7 Å². The summed E-state index contributed by atoms with van der Waals surface area (Å²) in [5, 5.41) is 2.78. The first-order valence-corrected chi connectivity index (χ1v) is 7.75. The molecule has 3 N–H and O–H groups in total. The predicted molar refractivity (Wildman–Crippen MR) is 95.0 cm³/mol. The first-order valence-electron chi connectivity index (χ1n) is 7.34. The molecular weight excluding hydrogens is 322 g/mol. The first kappa shape index (κ1) is 14.4. The van der Waals surface area contributed by atoms with Crippen molar-refractivity contribution < 1.29 is 4.79 Å². The van der Waals surface area contributed by atoms with Gasteiger partial charge < -0.3 is 9.97 Å². The highest BCUT2D eigenvalue weighted by Crippen LogP contribution is 2.16. The van der Waals surface area contributed by atoms with Crippen LogP contribution in [0.25, 0.3) is 16.7 Å². The summed E-state index contributed by atoms with van der Waals surface area (Å²) in [6.45, 7) is 0. The second-order valence-electron chi connectivity index (χ2n) is 5.21. The number of fused-ring (bicyclic) bond motifs is 1. The highest BCUT2D eigenvalue weighted by atomic mass is 32.1. The third kappa shape index (κ3) is 2.50. The van der Waals surface area contributed by atoms with Gasteiger partial charge in [-0.2, -0.15) is 0 Å². The van der Waals surface area contributed by atoms with Gasteiger partial charge in [-0.1, -0.05) is 30.3 Å². The number of nitrogens with zero attached hydrogens (tertiary/aromatic N) is 2. The molecule has 1 amide bonds. The fraction of sp³-hybridized carbons (Fsp3) is 0. The highest BCUT2D eigenvalue weighted by molar-refractivity contribution is 7.71. The lowest BCUT2D eigenvalue weighted by molar-refractivity contribution is 0.101. The highest BCUT2D eigenvalue weighted by Gasteiger charge is 2.16. The second kappa shape index (κ2) is 5.78. The number of rotatable bonds is 3. The van der Waals surface area contributed by atoms with Crippen LogP contribution in [-0.2, 0) is 0 Å². The number of carbonyl (C=O) groups is 1. The lowest BCUT2D eigenvalue weighted by Gasteiger charge is -2.07. The van der Waals surface area contributed by atoms with Crippen molar-refractivity contribution in [2.45, 2.75) is 0 Å². The summed E-state index contributed by atoms with van der Waals surface area (Å²) in [4.78, 5) is 23.0. The molecule has 0 aliphatic rings. The van der Waals surface area contributed by atoms with Crippen LogP contribution in [0.2, 0.25) is 0 Å². The van der Waals surface area contributed by atoms with E-state index >= 15 is 0 Å². The van der Waals surface area contributed by atoms with E-state index in [1.165, 1.54) is 0 Å². The van der Waals surface area contributed by atoms with Gasteiger partial charge in [0.2, 0.25) is 5.95 Å². The molecule has 118 valence electrons. The fourth-order valence-electron chi connectivity index (χ4n) is 2.55. The summed E-state index contributed by atoms with van der Waals surface area (Å²) in [5.74, 6) is 0.0955. The molecular formula is C17H13N5OS. The second-order valence-corrected chi connectivity index (χ2v) is 5.59. The van der Waals surface area contributed by atoms with Gasteiger partial charge in [0.15, 0.2) is 4.77 Å². The normalized spacial score (nSPS) is 10.8. The monoisotopic (exact) mass is 335 g/mol. The first-order chi connectivity index (χ1) is 11.7. The Morgan fingerprint density at radius 1 is 1.08 bits per heavy atom. The van der Waals surface area contributed by atoms with Crippen LogP contribution in [0, 0.1) is 4.77 Å². The van der Waals surface area contributed by atoms with Crippen LogP contribution in [0.3, 0.4) is 0 Å². The van der Waals surface area contributed by atoms with Crippen molar-refractivity contribution in [1.82, 2.24) is 19.5 Å². The number of nitrogens with one attached hydrogen (secondary N) is 3. The zero-order valence-electron chi connectivity index (χ0n) is 12.5. The Morgan fingerprint density at radius 2 is 1.83 bits per heavy atom. The van der Waals surface area contributed by atoms with Crippen molar-refractivity contribution in [3.8, 4) is 5.69 Å². The Labute approximate surface area is 142 Å². The number of H-pyrrole nitrogens is 2. The van der Waals surface area contributed by atoms with Crippen LogP contribution in [0.5, 0.6) is 0 Å². The molecule has 4 aromatic rings. The minimum atomic E-state index is -0.301. The summed E-state index contributed by atoms with van der Waals surface area (Å²) in [6, 6.07) is 17.1. The maximum Gasteiger partial charge on any atom is 0.276 e. The standard InChI is InChI=1S/C17H13N5OS/c23-15(21-16-19-12-8-4-5-9-13(12)20-16)14-10-18-17(24)22(14)11-6-2-1-3-7-11/h1-10H,(H,18,24)(H2,19,20,21,23). The van der Waals surface area contributed by atoms with Gasteiger partial charge in [-0.25, -0.2) is 4.98 Å². The number of para-hydroxylation sites is 3. The van der Waals surface area contributed by atoms with Gasteiger partial charge in [-0.3, -0.25) is 14.7 Å². The molecule has 24 heavy (non-hydrogen) atoms. The van der Waals surface area contributed by atoms with Crippen molar-refractivity contribution in [3.05, 3.63) is 71.3 Å². The summed E-state index contributed by atoms with van der Waals surface area (Å²) in [5.41, 5.74) is 2.88. The summed E-state index contributed by atoms with van der Waals surface area (Å²) in [6.07, 6.45) is 1.59. The Hall–Kier alpha value is -3.19. The van der Waals surface area contributed by atoms with Gasteiger partial charge in [-0.15, -0.1) is 0 Å². The number of benzene rings is 2. The molecule has 2 heterocycles. The van der Waals surface area contributed by atoms with E-state index in [-0.39, 0.29) is 5.91 Å². The van der Waals surface area contributed by atoms with Crippen molar-refractivity contribution in [3.63, 3.8) is 0 Å². The smallest absolute Gasteiger partial charge is 0.276 e. The molecule has 0 unspecified atom stereocenters. The number of aromatic amines is 2. The van der Waals surface area contributed by atoms with Gasteiger partial charge in [0, 0.05) is 11.9 Å². The van der Waals surface area contributed by atoms with Crippen molar-refractivity contribution >= 4 is 35.1 Å². The lowest BCUT2D eigenvalue weighted by Crippen LogP contribution is -2.17. The largest absolute Gasteiger partial charge is 0.336 e. The maximum atomic E-state index is 12.6. The molecule has 0 saturated heterocycles. The number of amides is 1. The van der Waals surface area contributed by atoms with E-state index in [0.29, 0.717) is 16.4 Å². The van der Waals surface area contributed by atoms with Gasteiger partial charge in [0.05, 0.1) is 11.0 Å². The average Bonchev–Trinajstić information content (AvgIpc) is 3.18. The molecule has 0 bridgehead atoms. The molecule has 2 aromatic heterocycles. The molecule has 0 aliphatic carbocycles. The summed E-state index contributed by atoms with van der Waals surface area (Å²) in [7, 11) is 0. The Morgan fingerprint density at radius 3 is 2.62 bits per heavy atom. The van der Waals surface area contributed by atoms with E-state index in [9.17, 15) is 4.79 Å². The van der Waals surface area contributed by atoms with Crippen molar-refractivity contribution in [1.29, 1.82) is 0 Å². The maximum absolute atomic E-state index is 12.6. The van der Waals surface area contributed by atoms with Crippen LogP contribution in [0.1, 0.15) is 10.5 Å². The third-order valence-electron chi connectivity index (χ3n) is 3.64. The van der Waals surface area contributed by atoms with Gasteiger partial charge in [-0.05, 0) is 36.5 Å². The van der Waals surface area contributed by atoms with Crippen LogP contribution in [0.15, 0.2) is 60.8 Å². The van der Waals surface area contributed by atoms with E-state index in [4.69, 9.17) is 12.2 Å². The van der Waals surface area contributed by atoms with Crippen LogP contribution in [0.4, 0.5) is 5.95 Å². The molecule has 0 atom stereocenters. The zero-order valence-corrected chi connectivity index (χ0v) is 13.3. The Balaban J connectivity index is 1.69. The molecule has 4 rings (SSSR count). The minimum Gasteiger partial charge on any atom is -0.336 e. The summed E-state index contributed by atoms with van der Waals surface area (Å²) >= 11 is 5.30. The quantitative estimate of drug-likeness (QED) is 0.500. The van der Waals surface area contributed by atoms with E-state index < -0.39 is 0 Å². The fourth-order valence-corrected chi connectivity index (χ4v) is 2.82. The molecule has 0 aliphatic heterocycles. The SMILES string of the molecule is O=C(Nc1nc2ccccc2[nH]1)c1c[nH]c(=S)n1-c1ccccc1. The number of hydrogen-bond donors (Lipinski definition) is 3. The van der Waals surface area contributed by atoms with Gasteiger partial charge in [0.1, 0.15) is 5.69 Å². The van der Waals surface area contributed by atoms with E-state index in [1.807, 2.05) is 54.6 Å². The number of anilines is 1. The molecule has 0 saturated carbocycles. The van der Waals surface area contributed by atoms with E-state index in [1.54, 1.807) is 10.8 Å². The molecule has 6 nitrogen and oxygen atoms in total. The van der Waals surface area contributed by atoms with Crippen LogP contribution in [-0.4, -0.2) is 25.4 Å². The van der Waals surface area contributed by atoms with E-state index in [2.05, 4.69) is 20.3 Å². The van der Waals surface area contributed by atoms with Crippen molar-refractivity contribution in [2.24, 2.45) is 0 Å². The number of aromatic nitrogens is 4. The molecule has 0 radical (unpaired) electrons. The van der Waals surface area contributed by atoms with Crippen LogP contribution >= 0.6 is 12.2 Å². The molecule has 7 heteroatoms. The number of carbonyl (C=O) groups excluding carboxylic acids is 1. The Kier molecular flexibility index (Phi) is 3.47. The topological polar surface area (TPSA) is 78.5 Å². The summed E-state index contributed by atoms with van der Waals surface area (Å²) < 4.78 is 2.14.